The number of hydrogen-bond donors (Lipinski definition) is 0. The summed E-state index contributed by atoms with van der Waals surface area (Å²) in [5.74, 6) is 1.18. The molecule has 2 aliphatic carbocycles. The lowest BCUT2D eigenvalue weighted by molar-refractivity contribution is -0.134. The molecular formula is C30H31ClN4O3. The van der Waals surface area contributed by atoms with E-state index in [2.05, 4.69) is 34.2 Å². The minimum atomic E-state index is -0.114. The van der Waals surface area contributed by atoms with Crippen LogP contribution in [0.25, 0.3) is 11.8 Å². The molecule has 0 atom stereocenters. The van der Waals surface area contributed by atoms with Crippen LogP contribution in [0.1, 0.15) is 41.6 Å². The van der Waals surface area contributed by atoms with Gasteiger partial charge >= 0.3 is 0 Å². The van der Waals surface area contributed by atoms with Crippen molar-refractivity contribution in [3.63, 3.8) is 0 Å². The molecule has 0 N–H and O–H groups in total. The van der Waals surface area contributed by atoms with Crippen LogP contribution < -0.4 is 10.3 Å². The molecule has 1 aromatic carbocycles. The van der Waals surface area contributed by atoms with Crippen molar-refractivity contribution in [2.75, 3.05) is 26.2 Å². The minimum absolute atomic E-state index is 0.114. The molecule has 38 heavy (non-hydrogen) atoms. The average Bonchev–Trinajstić information content (AvgIpc) is 3.78. The predicted molar refractivity (Wildman–Crippen MR) is 148 cm³/mol. The number of aromatic nitrogens is 2. The topological polar surface area (TPSA) is 67.7 Å². The van der Waals surface area contributed by atoms with Crippen LogP contribution in [0.3, 0.4) is 0 Å². The molecular weight excluding hydrogens is 500 g/mol. The van der Waals surface area contributed by atoms with Crippen LogP contribution in [0.15, 0.2) is 59.7 Å². The summed E-state index contributed by atoms with van der Waals surface area (Å²) in [6.45, 7) is 4.71. The summed E-state index contributed by atoms with van der Waals surface area (Å²) in [5, 5.41) is 0.575. The Balaban J connectivity index is 1.08. The fraction of sp³-hybridized carbons (Fsp3) is 0.367. The van der Waals surface area contributed by atoms with Gasteiger partial charge in [0.25, 0.3) is 5.56 Å². The zero-order valence-electron chi connectivity index (χ0n) is 21.3. The number of nitrogens with zero attached hydrogens (tertiary/aromatic N) is 4. The van der Waals surface area contributed by atoms with Gasteiger partial charge in [0.05, 0.1) is 10.7 Å². The van der Waals surface area contributed by atoms with Crippen molar-refractivity contribution >= 4 is 29.3 Å². The first kappa shape index (κ1) is 24.9. The van der Waals surface area contributed by atoms with Crippen LogP contribution in [0.4, 0.5) is 0 Å². The first-order valence-corrected chi connectivity index (χ1v) is 13.7. The number of hydrogen-bond acceptors (Lipinski definition) is 5. The summed E-state index contributed by atoms with van der Waals surface area (Å²) in [6.07, 6.45) is 9.31. The van der Waals surface area contributed by atoms with Gasteiger partial charge in [0.1, 0.15) is 12.4 Å². The quantitative estimate of drug-likeness (QED) is 0.451. The van der Waals surface area contributed by atoms with Gasteiger partial charge in [-0.2, -0.15) is 0 Å². The normalized spacial score (nSPS) is 17.6. The van der Waals surface area contributed by atoms with Gasteiger partial charge in [0, 0.05) is 62.8 Å². The smallest absolute Gasteiger partial charge is 0.258 e. The van der Waals surface area contributed by atoms with Gasteiger partial charge in [-0.25, -0.2) is 0 Å². The predicted octanol–water partition coefficient (Wildman–Crippen LogP) is 4.47. The second kappa shape index (κ2) is 10.8. The molecule has 1 saturated heterocycles. The van der Waals surface area contributed by atoms with E-state index in [9.17, 15) is 9.59 Å². The summed E-state index contributed by atoms with van der Waals surface area (Å²) in [7, 11) is 0. The second-order valence-electron chi connectivity index (χ2n) is 10.4. The van der Waals surface area contributed by atoms with E-state index in [0.717, 1.165) is 75.4 Å². The Morgan fingerprint density at radius 1 is 1.03 bits per heavy atom. The molecule has 6 rings (SSSR count). The number of carbonyl (C=O) groups excluding carboxylic acids is 1. The Morgan fingerprint density at radius 2 is 1.87 bits per heavy atom. The fourth-order valence-corrected chi connectivity index (χ4v) is 5.34. The maximum atomic E-state index is 12.9. The van der Waals surface area contributed by atoms with Crippen LogP contribution in [-0.4, -0.2) is 51.4 Å². The minimum Gasteiger partial charge on any atom is -0.487 e. The molecule has 3 aliphatic rings. The van der Waals surface area contributed by atoms with Crippen LogP contribution in [0, 0.1) is 5.92 Å². The third-order valence-electron chi connectivity index (χ3n) is 7.57. The molecule has 0 unspecified atom stereocenters. The van der Waals surface area contributed by atoms with Gasteiger partial charge in [-0.1, -0.05) is 29.8 Å². The average molecular weight is 531 g/mol. The van der Waals surface area contributed by atoms with Gasteiger partial charge in [-0.05, 0) is 66.6 Å². The molecule has 3 aromatic rings. The van der Waals surface area contributed by atoms with Crippen LogP contribution in [0.2, 0.25) is 5.02 Å². The Bertz CT molecular complexity index is 1420. The molecule has 2 fully saturated rings. The lowest BCUT2D eigenvalue weighted by Crippen LogP contribution is -2.48. The van der Waals surface area contributed by atoms with E-state index in [-0.39, 0.29) is 12.2 Å². The van der Waals surface area contributed by atoms with Crippen molar-refractivity contribution in [2.45, 2.75) is 38.8 Å². The molecule has 0 bridgehead atoms. The van der Waals surface area contributed by atoms with Crippen molar-refractivity contribution in [1.82, 2.24) is 19.4 Å². The number of allylic oxidation sites excluding steroid dienone is 1. The van der Waals surface area contributed by atoms with E-state index in [0.29, 0.717) is 22.6 Å². The third-order valence-corrected chi connectivity index (χ3v) is 7.80. The second-order valence-corrected chi connectivity index (χ2v) is 10.8. The summed E-state index contributed by atoms with van der Waals surface area (Å²) >= 11 is 5.88. The largest absolute Gasteiger partial charge is 0.487 e. The van der Waals surface area contributed by atoms with Gasteiger partial charge in [0.2, 0.25) is 5.91 Å². The number of pyridine rings is 2. The van der Waals surface area contributed by atoms with Gasteiger partial charge in [-0.3, -0.25) is 24.0 Å². The molecule has 1 saturated carbocycles. The number of ether oxygens (including phenoxy) is 1. The van der Waals surface area contributed by atoms with Crippen LogP contribution in [0.5, 0.6) is 5.75 Å². The maximum absolute atomic E-state index is 12.9. The number of piperazine rings is 1. The Labute approximate surface area is 227 Å². The van der Waals surface area contributed by atoms with Crippen molar-refractivity contribution in [3.05, 3.63) is 92.6 Å². The van der Waals surface area contributed by atoms with Gasteiger partial charge in [0.15, 0.2) is 0 Å². The molecule has 3 heterocycles. The summed E-state index contributed by atoms with van der Waals surface area (Å²) in [6, 6.07) is 13.6. The fourth-order valence-electron chi connectivity index (χ4n) is 5.23. The monoisotopic (exact) mass is 530 g/mol. The number of aryl methyl sites for hydroxylation is 1. The molecule has 0 radical (unpaired) electrons. The van der Waals surface area contributed by atoms with E-state index in [1.54, 1.807) is 29.1 Å². The number of rotatable bonds is 7. The van der Waals surface area contributed by atoms with Crippen LogP contribution in [-0.2, 0) is 24.4 Å². The van der Waals surface area contributed by atoms with E-state index in [1.165, 1.54) is 17.2 Å². The Hall–Kier alpha value is -3.42. The highest BCUT2D eigenvalue weighted by molar-refractivity contribution is 6.30. The number of halogens is 1. The Morgan fingerprint density at radius 3 is 2.61 bits per heavy atom. The lowest BCUT2D eigenvalue weighted by atomic mass is 9.93. The summed E-state index contributed by atoms with van der Waals surface area (Å²) in [4.78, 5) is 33.9. The molecule has 8 heteroatoms. The van der Waals surface area contributed by atoms with Crippen LogP contribution >= 0.6 is 11.6 Å². The van der Waals surface area contributed by atoms with E-state index in [4.69, 9.17) is 16.3 Å². The first-order valence-electron chi connectivity index (χ1n) is 13.3. The van der Waals surface area contributed by atoms with Crippen molar-refractivity contribution in [3.8, 4) is 5.75 Å². The molecule has 7 nitrogen and oxygen atoms in total. The van der Waals surface area contributed by atoms with E-state index >= 15 is 0 Å². The van der Waals surface area contributed by atoms with Crippen molar-refractivity contribution < 1.29 is 9.53 Å². The number of fused-ring (bicyclic) bond motifs is 1. The van der Waals surface area contributed by atoms with E-state index in [1.807, 2.05) is 11.0 Å². The maximum Gasteiger partial charge on any atom is 0.258 e. The molecule has 196 valence electrons. The standard InChI is InChI=1S/C30H31ClN4O3/c31-25-6-7-26(32-18-25)20-38-28-9-10-35(29(36)17-28)27-8-5-23-15-21(1-2-24(23)16-27)19-33-11-13-34(14-12-33)30(37)22-3-4-22/h1-2,6-7,9-10,15-18,22H,3-5,8,11-14,19-20H2. The zero-order valence-corrected chi connectivity index (χ0v) is 22.1. The Kier molecular flexibility index (Phi) is 7.04. The number of carbonyl (C=O) groups is 1. The molecule has 0 spiro atoms. The SMILES string of the molecule is O=C(C1CC1)N1CCN(Cc2ccc3c(c2)CCC(n2ccc(OCc4ccc(Cl)cn4)cc2=O)=C3)CC1. The highest BCUT2D eigenvalue weighted by atomic mass is 35.5. The number of benzene rings is 1. The molecule has 1 amide bonds. The lowest BCUT2D eigenvalue weighted by Gasteiger charge is -2.35. The molecule has 1 aliphatic heterocycles. The zero-order chi connectivity index (χ0) is 26.1. The summed E-state index contributed by atoms with van der Waals surface area (Å²) < 4.78 is 7.46. The van der Waals surface area contributed by atoms with Gasteiger partial charge < -0.3 is 9.64 Å². The van der Waals surface area contributed by atoms with Gasteiger partial charge in [-0.15, -0.1) is 0 Å². The van der Waals surface area contributed by atoms with E-state index < -0.39 is 0 Å². The van der Waals surface area contributed by atoms with Crippen molar-refractivity contribution in [1.29, 1.82) is 0 Å². The summed E-state index contributed by atoms with van der Waals surface area (Å²) in [5.41, 5.74) is 5.40. The first-order chi connectivity index (χ1) is 18.5. The number of amides is 1. The highest BCUT2D eigenvalue weighted by Gasteiger charge is 2.34. The molecule has 2 aromatic heterocycles. The highest BCUT2D eigenvalue weighted by Crippen LogP contribution is 2.31. The van der Waals surface area contributed by atoms with Crippen molar-refractivity contribution in [2.24, 2.45) is 5.92 Å². The third kappa shape index (κ3) is 5.69.